The van der Waals surface area contributed by atoms with Crippen LogP contribution in [-0.4, -0.2) is 12.1 Å². The zero-order valence-electron chi connectivity index (χ0n) is 10.8. The van der Waals surface area contributed by atoms with Gasteiger partial charge in [0.05, 0.1) is 21.6 Å². The summed E-state index contributed by atoms with van der Waals surface area (Å²) in [5.74, 6) is 0.845. The van der Waals surface area contributed by atoms with Gasteiger partial charge in [0.25, 0.3) is 0 Å². The number of rotatable bonds is 4. The van der Waals surface area contributed by atoms with Gasteiger partial charge in [-0.05, 0) is 56.1 Å². The Morgan fingerprint density at radius 3 is 2.38 bits per heavy atom. The average Bonchev–Trinajstić information content (AvgIpc) is 2.42. The van der Waals surface area contributed by atoms with E-state index in [9.17, 15) is 4.39 Å². The van der Waals surface area contributed by atoms with Crippen LogP contribution < -0.4 is 15.2 Å². The van der Waals surface area contributed by atoms with Crippen LogP contribution in [0.25, 0.3) is 0 Å². The molecular weight excluding hydrogens is 425 g/mol. The fourth-order valence-electron chi connectivity index (χ4n) is 1.69. The van der Waals surface area contributed by atoms with Crippen LogP contribution in [-0.2, 0) is 0 Å². The van der Waals surface area contributed by atoms with E-state index in [1.807, 2.05) is 0 Å². The van der Waals surface area contributed by atoms with E-state index in [0.717, 1.165) is 0 Å². The number of halogens is 3. The second-order valence-electron chi connectivity index (χ2n) is 4.00. The highest BCUT2D eigenvalue weighted by Crippen LogP contribution is 2.39. The van der Waals surface area contributed by atoms with Crippen molar-refractivity contribution in [2.45, 2.75) is 0 Å². The Kier molecular flexibility index (Phi) is 5.18. The summed E-state index contributed by atoms with van der Waals surface area (Å²) in [6.45, 7) is 0. The summed E-state index contributed by atoms with van der Waals surface area (Å²) in [6.07, 6.45) is 0. The predicted octanol–water partition coefficient (Wildman–Crippen LogP) is 4.79. The first-order valence-corrected chi connectivity index (χ1v) is 7.72. The highest BCUT2D eigenvalue weighted by Gasteiger charge is 2.15. The van der Waals surface area contributed by atoms with E-state index in [0.29, 0.717) is 20.4 Å². The van der Waals surface area contributed by atoms with Gasteiger partial charge >= 0.3 is 0 Å². The highest BCUT2D eigenvalue weighted by atomic mass is 79.9. The lowest BCUT2D eigenvalue weighted by Gasteiger charge is -2.13. The zero-order chi connectivity index (χ0) is 15.6. The SMILES string of the molecule is COc1cc(Br)c(Oc2cccc(F)c2C(N)=S)cc1Br. The number of nitrogens with two attached hydrogens (primary N) is 1. The lowest BCUT2D eigenvalue weighted by atomic mass is 10.2. The van der Waals surface area contributed by atoms with Crippen molar-refractivity contribution in [2.75, 3.05) is 7.11 Å². The number of hydrogen-bond acceptors (Lipinski definition) is 3. The summed E-state index contributed by atoms with van der Waals surface area (Å²) in [7, 11) is 1.56. The van der Waals surface area contributed by atoms with Crippen molar-refractivity contribution in [2.24, 2.45) is 5.73 Å². The van der Waals surface area contributed by atoms with Crippen molar-refractivity contribution in [1.29, 1.82) is 0 Å². The van der Waals surface area contributed by atoms with Crippen LogP contribution in [0.15, 0.2) is 39.3 Å². The highest BCUT2D eigenvalue weighted by molar-refractivity contribution is 9.11. The summed E-state index contributed by atoms with van der Waals surface area (Å²) in [4.78, 5) is -0.0631. The van der Waals surface area contributed by atoms with Gasteiger partial charge in [-0.25, -0.2) is 4.39 Å². The third-order valence-electron chi connectivity index (χ3n) is 2.65. The first-order valence-electron chi connectivity index (χ1n) is 5.73. The molecule has 0 aliphatic heterocycles. The van der Waals surface area contributed by atoms with E-state index >= 15 is 0 Å². The second-order valence-corrected chi connectivity index (χ2v) is 6.14. The molecule has 21 heavy (non-hydrogen) atoms. The molecule has 3 nitrogen and oxygen atoms in total. The number of hydrogen-bond donors (Lipinski definition) is 1. The van der Waals surface area contributed by atoms with Crippen molar-refractivity contribution in [3.8, 4) is 17.2 Å². The Bertz CT molecular complexity index is 710. The van der Waals surface area contributed by atoms with Crippen molar-refractivity contribution in [3.05, 3.63) is 50.7 Å². The summed E-state index contributed by atoms with van der Waals surface area (Å²) in [5.41, 5.74) is 5.63. The molecule has 7 heteroatoms. The largest absolute Gasteiger partial charge is 0.496 e. The summed E-state index contributed by atoms with van der Waals surface area (Å²) < 4.78 is 26.1. The minimum atomic E-state index is -0.524. The van der Waals surface area contributed by atoms with Gasteiger partial charge in [-0.2, -0.15) is 0 Å². The molecule has 2 aromatic carbocycles. The van der Waals surface area contributed by atoms with Crippen molar-refractivity contribution < 1.29 is 13.9 Å². The van der Waals surface area contributed by atoms with Crippen molar-refractivity contribution in [3.63, 3.8) is 0 Å². The van der Waals surface area contributed by atoms with Crippen LogP contribution >= 0.6 is 44.1 Å². The van der Waals surface area contributed by atoms with E-state index in [-0.39, 0.29) is 16.3 Å². The molecule has 0 bridgehead atoms. The van der Waals surface area contributed by atoms with E-state index in [1.165, 1.54) is 12.1 Å². The lowest BCUT2D eigenvalue weighted by Crippen LogP contribution is -2.13. The van der Waals surface area contributed by atoms with E-state index in [1.54, 1.807) is 25.3 Å². The molecule has 2 aromatic rings. The number of benzene rings is 2. The van der Waals surface area contributed by atoms with E-state index in [4.69, 9.17) is 27.4 Å². The normalized spacial score (nSPS) is 10.3. The molecule has 2 rings (SSSR count). The summed E-state index contributed by atoms with van der Waals surface area (Å²) in [6, 6.07) is 7.84. The molecule has 0 fully saturated rings. The first kappa shape index (κ1) is 16.2. The maximum absolute atomic E-state index is 13.8. The van der Waals surface area contributed by atoms with Crippen LogP contribution in [0.2, 0.25) is 0 Å². The Balaban J connectivity index is 2.46. The molecule has 0 saturated heterocycles. The van der Waals surface area contributed by atoms with Crippen LogP contribution in [0.1, 0.15) is 5.56 Å². The molecule has 0 spiro atoms. The van der Waals surface area contributed by atoms with Gasteiger partial charge in [0, 0.05) is 0 Å². The van der Waals surface area contributed by atoms with Gasteiger partial charge in [0.1, 0.15) is 28.1 Å². The smallest absolute Gasteiger partial charge is 0.143 e. The van der Waals surface area contributed by atoms with E-state index < -0.39 is 5.82 Å². The topological polar surface area (TPSA) is 44.5 Å². The third-order valence-corrected chi connectivity index (χ3v) is 4.09. The van der Waals surface area contributed by atoms with Gasteiger partial charge in [0.2, 0.25) is 0 Å². The first-order chi connectivity index (χ1) is 9.93. The van der Waals surface area contributed by atoms with Crippen molar-refractivity contribution in [1.82, 2.24) is 0 Å². The van der Waals surface area contributed by atoms with E-state index in [2.05, 4.69) is 31.9 Å². The predicted molar refractivity (Wildman–Crippen MR) is 90.8 cm³/mol. The minimum Gasteiger partial charge on any atom is -0.496 e. The third kappa shape index (κ3) is 3.53. The average molecular weight is 435 g/mol. The summed E-state index contributed by atoms with van der Waals surface area (Å²) in [5, 5.41) is 0. The standard InChI is InChI=1S/C14H10Br2FNO2S/c1-19-11-5-8(16)12(6-7(11)15)20-10-4-2-3-9(17)13(10)14(18)21/h2-6H,1H3,(H2,18,21). The molecule has 0 aliphatic carbocycles. The number of ether oxygens (including phenoxy) is 2. The zero-order valence-corrected chi connectivity index (χ0v) is 14.8. The molecule has 0 aromatic heterocycles. The fraction of sp³-hybridized carbons (Fsp3) is 0.0714. The second kappa shape index (κ2) is 6.72. The Morgan fingerprint density at radius 2 is 1.76 bits per heavy atom. The quantitative estimate of drug-likeness (QED) is 0.703. The van der Waals surface area contributed by atoms with Crippen LogP contribution in [0.4, 0.5) is 4.39 Å². The Morgan fingerprint density at radius 1 is 1.14 bits per heavy atom. The van der Waals surface area contributed by atoms with Gasteiger partial charge in [-0.3, -0.25) is 0 Å². The molecule has 2 N–H and O–H groups in total. The number of methoxy groups -OCH3 is 1. The fourth-order valence-corrected chi connectivity index (χ4v) is 2.78. The molecule has 0 radical (unpaired) electrons. The monoisotopic (exact) mass is 433 g/mol. The Labute approximate surface area is 143 Å². The van der Waals surface area contributed by atoms with Gasteiger partial charge < -0.3 is 15.2 Å². The van der Waals surface area contributed by atoms with Crippen LogP contribution in [0.3, 0.4) is 0 Å². The van der Waals surface area contributed by atoms with Gasteiger partial charge in [-0.1, -0.05) is 18.3 Å². The maximum Gasteiger partial charge on any atom is 0.143 e. The molecular formula is C14H10Br2FNO2S. The molecule has 0 amide bonds. The molecule has 110 valence electrons. The molecule has 0 heterocycles. The van der Waals surface area contributed by atoms with Crippen LogP contribution in [0.5, 0.6) is 17.2 Å². The van der Waals surface area contributed by atoms with Crippen LogP contribution in [0, 0.1) is 5.82 Å². The van der Waals surface area contributed by atoms with Gasteiger partial charge in [-0.15, -0.1) is 0 Å². The molecule has 0 atom stereocenters. The van der Waals surface area contributed by atoms with Crippen molar-refractivity contribution >= 4 is 49.1 Å². The molecule has 0 saturated carbocycles. The molecule has 0 aliphatic rings. The number of thiocarbonyl (C=S) groups is 1. The van der Waals surface area contributed by atoms with Gasteiger partial charge in [0.15, 0.2) is 0 Å². The lowest BCUT2D eigenvalue weighted by molar-refractivity contribution is 0.409. The maximum atomic E-state index is 13.8. The summed E-state index contributed by atoms with van der Waals surface area (Å²) >= 11 is 11.6. The minimum absolute atomic E-state index is 0.0631. The Hall–Kier alpha value is -1.18. The molecule has 0 unspecified atom stereocenters.